The molecule has 0 aromatic heterocycles. The fourth-order valence-electron chi connectivity index (χ4n) is 1.20. The molecule has 1 fully saturated rings. The minimum Gasteiger partial charge on any atom is -0.380 e. The van der Waals surface area contributed by atoms with Gasteiger partial charge in [0.2, 0.25) is 0 Å². The molecule has 64 valence electrons. The lowest BCUT2D eigenvalue weighted by Gasteiger charge is -2.28. The number of rotatable bonds is 2. The summed E-state index contributed by atoms with van der Waals surface area (Å²) in [5.74, 6) is -0.188. The molecular formula is C9H11FN2. The van der Waals surface area contributed by atoms with Crippen LogP contribution in [0.3, 0.4) is 0 Å². The fourth-order valence-corrected chi connectivity index (χ4v) is 1.20. The number of anilines is 1. The standard InChI is InChI=1S/C9H11FN2/c10-7-2-1-3-8(4-7)12-9-5-11-6-9/h1-4,9,11-12H,5-6H2. The molecule has 1 aliphatic heterocycles. The Hall–Kier alpha value is -1.09. The highest BCUT2D eigenvalue weighted by molar-refractivity contribution is 5.44. The molecule has 1 aromatic rings. The van der Waals surface area contributed by atoms with Crippen molar-refractivity contribution in [1.82, 2.24) is 5.32 Å². The molecule has 0 atom stereocenters. The Balaban J connectivity index is 2.02. The van der Waals surface area contributed by atoms with E-state index in [-0.39, 0.29) is 5.82 Å². The van der Waals surface area contributed by atoms with Crippen LogP contribution in [-0.4, -0.2) is 19.1 Å². The Labute approximate surface area is 70.8 Å². The normalized spacial score (nSPS) is 17.1. The first-order chi connectivity index (χ1) is 5.84. The van der Waals surface area contributed by atoms with E-state index in [1.54, 1.807) is 6.07 Å². The molecule has 1 aliphatic rings. The predicted octanol–water partition coefficient (Wildman–Crippen LogP) is 1.21. The summed E-state index contributed by atoms with van der Waals surface area (Å²) in [6.07, 6.45) is 0. The molecule has 0 saturated carbocycles. The van der Waals surface area contributed by atoms with Crippen LogP contribution in [0.1, 0.15) is 0 Å². The summed E-state index contributed by atoms with van der Waals surface area (Å²) in [7, 11) is 0. The maximum Gasteiger partial charge on any atom is 0.125 e. The van der Waals surface area contributed by atoms with Crippen LogP contribution in [0.25, 0.3) is 0 Å². The summed E-state index contributed by atoms with van der Waals surface area (Å²) in [5, 5.41) is 6.36. The van der Waals surface area contributed by atoms with Crippen molar-refractivity contribution >= 4 is 5.69 Å². The zero-order valence-corrected chi connectivity index (χ0v) is 6.68. The Morgan fingerprint density at radius 2 is 2.25 bits per heavy atom. The minimum atomic E-state index is -0.188. The molecule has 0 spiro atoms. The van der Waals surface area contributed by atoms with Gasteiger partial charge in [-0.2, -0.15) is 0 Å². The largest absolute Gasteiger partial charge is 0.380 e. The van der Waals surface area contributed by atoms with Crippen LogP contribution in [0.5, 0.6) is 0 Å². The number of hydrogen-bond acceptors (Lipinski definition) is 2. The van der Waals surface area contributed by atoms with Crippen molar-refractivity contribution in [1.29, 1.82) is 0 Å². The van der Waals surface area contributed by atoms with E-state index in [0.29, 0.717) is 6.04 Å². The summed E-state index contributed by atoms with van der Waals surface area (Å²) in [6.45, 7) is 1.94. The highest BCUT2D eigenvalue weighted by atomic mass is 19.1. The van der Waals surface area contributed by atoms with E-state index in [9.17, 15) is 4.39 Å². The van der Waals surface area contributed by atoms with Gasteiger partial charge in [-0.15, -0.1) is 0 Å². The molecule has 0 amide bonds. The second-order valence-corrected chi connectivity index (χ2v) is 3.01. The van der Waals surface area contributed by atoms with Crippen LogP contribution < -0.4 is 10.6 Å². The summed E-state index contributed by atoms with van der Waals surface area (Å²) in [4.78, 5) is 0. The maximum atomic E-state index is 12.7. The number of nitrogens with one attached hydrogen (secondary N) is 2. The van der Waals surface area contributed by atoms with Gasteiger partial charge in [0.15, 0.2) is 0 Å². The van der Waals surface area contributed by atoms with E-state index in [4.69, 9.17) is 0 Å². The molecule has 0 aliphatic carbocycles. The third-order valence-corrected chi connectivity index (χ3v) is 1.98. The Bertz CT molecular complexity index is 271. The molecule has 0 unspecified atom stereocenters. The van der Waals surface area contributed by atoms with Gasteiger partial charge in [-0.25, -0.2) is 4.39 Å². The minimum absolute atomic E-state index is 0.188. The lowest BCUT2D eigenvalue weighted by atomic mass is 10.1. The quantitative estimate of drug-likeness (QED) is 0.690. The predicted molar refractivity (Wildman–Crippen MR) is 46.7 cm³/mol. The molecule has 1 heterocycles. The summed E-state index contributed by atoms with van der Waals surface area (Å²) in [5.41, 5.74) is 0.863. The highest BCUT2D eigenvalue weighted by Gasteiger charge is 2.15. The lowest BCUT2D eigenvalue weighted by Crippen LogP contribution is -2.51. The molecule has 2 rings (SSSR count). The van der Waals surface area contributed by atoms with E-state index < -0.39 is 0 Å². The second kappa shape index (κ2) is 3.11. The lowest BCUT2D eigenvalue weighted by molar-refractivity contribution is 0.472. The average molecular weight is 166 g/mol. The molecule has 0 radical (unpaired) electrons. The molecule has 2 N–H and O–H groups in total. The van der Waals surface area contributed by atoms with E-state index in [2.05, 4.69) is 10.6 Å². The van der Waals surface area contributed by atoms with Gasteiger partial charge in [-0.1, -0.05) is 6.07 Å². The van der Waals surface area contributed by atoms with E-state index in [1.165, 1.54) is 12.1 Å². The van der Waals surface area contributed by atoms with Gasteiger partial charge in [0, 0.05) is 18.8 Å². The number of benzene rings is 1. The highest BCUT2D eigenvalue weighted by Crippen LogP contribution is 2.11. The third kappa shape index (κ3) is 1.56. The van der Waals surface area contributed by atoms with Crippen molar-refractivity contribution in [3.63, 3.8) is 0 Å². The van der Waals surface area contributed by atoms with Crippen molar-refractivity contribution in [3.05, 3.63) is 30.1 Å². The monoisotopic (exact) mass is 166 g/mol. The first-order valence-corrected chi connectivity index (χ1v) is 4.07. The molecule has 2 nitrogen and oxygen atoms in total. The Morgan fingerprint density at radius 1 is 1.42 bits per heavy atom. The molecule has 3 heteroatoms. The van der Waals surface area contributed by atoms with Crippen LogP contribution in [0.4, 0.5) is 10.1 Å². The molecule has 1 aromatic carbocycles. The fraction of sp³-hybridized carbons (Fsp3) is 0.333. The SMILES string of the molecule is Fc1cccc(NC2CNC2)c1. The maximum absolute atomic E-state index is 12.7. The van der Waals surface area contributed by atoms with Crippen LogP contribution in [0, 0.1) is 5.82 Å². The smallest absolute Gasteiger partial charge is 0.125 e. The van der Waals surface area contributed by atoms with Crippen molar-refractivity contribution in [2.45, 2.75) is 6.04 Å². The number of halogens is 1. The van der Waals surface area contributed by atoms with Crippen molar-refractivity contribution < 1.29 is 4.39 Å². The van der Waals surface area contributed by atoms with E-state index in [0.717, 1.165) is 18.8 Å². The first kappa shape index (κ1) is 7.55. The van der Waals surface area contributed by atoms with Crippen molar-refractivity contribution in [3.8, 4) is 0 Å². The van der Waals surface area contributed by atoms with E-state index >= 15 is 0 Å². The van der Waals surface area contributed by atoms with Crippen LogP contribution in [0.2, 0.25) is 0 Å². The average Bonchev–Trinajstić information content (AvgIpc) is 1.97. The molecule has 0 bridgehead atoms. The number of hydrogen-bond donors (Lipinski definition) is 2. The van der Waals surface area contributed by atoms with E-state index in [1.807, 2.05) is 6.07 Å². The van der Waals surface area contributed by atoms with Crippen LogP contribution in [-0.2, 0) is 0 Å². The molecular weight excluding hydrogens is 155 g/mol. The summed E-state index contributed by atoms with van der Waals surface area (Å²) >= 11 is 0. The van der Waals surface area contributed by atoms with Gasteiger partial charge < -0.3 is 10.6 Å². The molecule has 1 saturated heterocycles. The van der Waals surface area contributed by atoms with Gasteiger partial charge in [-0.3, -0.25) is 0 Å². The van der Waals surface area contributed by atoms with Crippen LogP contribution >= 0.6 is 0 Å². The second-order valence-electron chi connectivity index (χ2n) is 3.01. The zero-order chi connectivity index (χ0) is 8.39. The zero-order valence-electron chi connectivity index (χ0n) is 6.68. The topological polar surface area (TPSA) is 24.1 Å². The van der Waals surface area contributed by atoms with Crippen molar-refractivity contribution in [2.24, 2.45) is 0 Å². The Morgan fingerprint density at radius 3 is 2.83 bits per heavy atom. The Kier molecular flexibility index (Phi) is 1.96. The van der Waals surface area contributed by atoms with Gasteiger partial charge in [0.1, 0.15) is 5.82 Å². The van der Waals surface area contributed by atoms with Gasteiger partial charge in [-0.05, 0) is 18.2 Å². The van der Waals surface area contributed by atoms with Crippen LogP contribution in [0.15, 0.2) is 24.3 Å². The summed E-state index contributed by atoms with van der Waals surface area (Å²) < 4.78 is 12.7. The molecule has 12 heavy (non-hydrogen) atoms. The van der Waals surface area contributed by atoms with Gasteiger partial charge in [0.05, 0.1) is 6.04 Å². The van der Waals surface area contributed by atoms with Crippen molar-refractivity contribution in [2.75, 3.05) is 18.4 Å². The third-order valence-electron chi connectivity index (χ3n) is 1.98. The summed E-state index contributed by atoms with van der Waals surface area (Å²) in [6, 6.07) is 7.01. The van der Waals surface area contributed by atoms with Gasteiger partial charge >= 0.3 is 0 Å². The first-order valence-electron chi connectivity index (χ1n) is 4.07. The van der Waals surface area contributed by atoms with Gasteiger partial charge in [0.25, 0.3) is 0 Å².